The molecule has 1 aromatic rings. The molecule has 1 aromatic heterocycles. The van der Waals surface area contributed by atoms with Gasteiger partial charge >= 0.3 is 0 Å². The first-order valence-electron chi connectivity index (χ1n) is 5.96. The summed E-state index contributed by atoms with van der Waals surface area (Å²) in [6.07, 6.45) is 2.57. The van der Waals surface area contributed by atoms with Crippen LogP contribution in [0.5, 0.6) is 0 Å². The maximum atomic E-state index is 11.9. The average Bonchev–Trinajstić information content (AvgIpc) is 2.95. The van der Waals surface area contributed by atoms with Crippen LogP contribution in [0.3, 0.4) is 0 Å². The largest absolute Gasteiger partial charge is 0.467 e. The lowest BCUT2D eigenvalue weighted by Crippen LogP contribution is -2.44. The number of furan rings is 1. The molecular formula is C12H19N3O2. The average molecular weight is 237 g/mol. The molecule has 1 unspecified atom stereocenters. The van der Waals surface area contributed by atoms with Crippen LogP contribution in [0.4, 0.5) is 0 Å². The fourth-order valence-corrected chi connectivity index (χ4v) is 2.07. The minimum atomic E-state index is -0.126. The van der Waals surface area contributed by atoms with Gasteiger partial charge in [0.15, 0.2) is 0 Å². The van der Waals surface area contributed by atoms with Crippen LogP contribution in [-0.4, -0.2) is 36.0 Å². The van der Waals surface area contributed by atoms with Gasteiger partial charge in [-0.2, -0.15) is 0 Å². The van der Waals surface area contributed by atoms with Crippen molar-refractivity contribution in [2.75, 3.05) is 13.1 Å². The van der Waals surface area contributed by atoms with E-state index in [0.717, 1.165) is 25.3 Å². The SMILES string of the molecule is CC(C(=O)NCc1ccco1)N1CC[C@H](N)C1. The fraction of sp³-hybridized carbons (Fsp3) is 0.583. The number of hydrogen-bond acceptors (Lipinski definition) is 4. The van der Waals surface area contributed by atoms with E-state index < -0.39 is 0 Å². The molecule has 0 radical (unpaired) electrons. The Hall–Kier alpha value is -1.33. The van der Waals surface area contributed by atoms with Gasteiger partial charge in [0.25, 0.3) is 0 Å². The van der Waals surface area contributed by atoms with E-state index in [2.05, 4.69) is 10.2 Å². The molecule has 94 valence electrons. The highest BCUT2D eigenvalue weighted by molar-refractivity contribution is 5.81. The Morgan fingerprint density at radius 3 is 3.18 bits per heavy atom. The second-order valence-electron chi connectivity index (χ2n) is 4.52. The van der Waals surface area contributed by atoms with Gasteiger partial charge in [-0.25, -0.2) is 0 Å². The molecular weight excluding hydrogens is 218 g/mol. The summed E-state index contributed by atoms with van der Waals surface area (Å²) >= 11 is 0. The van der Waals surface area contributed by atoms with Gasteiger partial charge in [0.1, 0.15) is 5.76 Å². The lowest BCUT2D eigenvalue weighted by Gasteiger charge is -2.22. The van der Waals surface area contributed by atoms with Gasteiger partial charge in [-0.15, -0.1) is 0 Å². The minimum Gasteiger partial charge on any atom is -0.467 e. The topological polar surface area (TPSA) is 71.5 Å². The first kappa shape index (κ1) is 12.1. The summed E-state index contributed by atoms with van der Waals surface area (Å²) in [6.45, 7) is 4.05. The second-order valence-corrected chi connectivity index (χ2v) is 4.52. The molecule has 2 atom stereocenters. The van der Waals surface area contributed by atoms with Crippen molar-refractivity contribution in [1.82, 2.24) is 10.2 Å². The number of amides is 1. The van der Waals surface area contributed by atoms with Crippen molar-refractivity contribution in [2.24, 2.45) is 5.73 Å². The van der Waals surface area contributed by atoms with E-state index in [-0.39, 0.29) is 18.0 Å². The predicted octanol–water partition coefficient (Wildman–Crippen LogP) is 0.317. The van der Waals surface area contributed by atoms with Crippen molar-refractivity contribution in [2.45, 2.75) is 32.0 Å². The quantitative estimate of drug-likeness (QED) is 0.791. The Morgan fingerprint density at radius 2 is 2.59 bits per heavy atom. The van der Waals surface area contributed by atoms with Crippen molar-refractivity contribution in [3.8, 4) is 0 Å². The summed E-state index contributed by atoms with van der Waals surface area (Å²) in [7, 11) is 0. The van der Waals surface area contributed by atoms with Gasteiger partial charge in [0.2, 0.25) is 5.91 Å². The van der Waals surface area contributed by atoms with Gasteiger partial charge in [-0.05, 0) is 25.5 Å². The maximum absolute atomic E-state index is 11.9. The normalized spacial score (nSPS) is 22.6. The number of nitrogens with two attached hydrogens (primary N) is 1. The van der Waals surface area contributed by atoms with Crippen molar-refractivity contribution in [3.63, 3.8) is 0 Å². The lowest BCUT2D eigenvalue weighted by atomic mass is 10.2. The van der Waals surface area contributed by atoms with E-state index >= 15 is 0 Å². The molecule has 1 saturated heterocycles. The molecule has 5 nitrogen and oxygen atoms in total. The van der Waals surface area contributed by atoms with Crippen LogP contribution in [0.15, 0.2) is 22.8 Å². The molecule has 2 heterocycles. The first-order chi connectivity index (χ1) is 8.16. The Morgan fingerprint density at radius 1 is 1.76 bits per heavy atom. The summed E-state index contributed by atoms with van der Waals surface area (Å²) in [5, 5.41) is 2.86. The van der Waals surface area contributed by atoms with Crippen molar-refractivity contribution in [3.05, 3.63) is 24.2 Å². The van der Waals surface area contributed by atoms with Gasteiger partial charge in [-0.3, -0.25) is 9.69 Å². The standard InChI is InChI=1S/C12H19N3O2/c1-9(15-5-4-10(13)8-15)12(16)14-7-11-3-2-6-17-11/h2-3,6,9-10H,4-5,7-8,13H2,1H3,(H,14,16)/t9?,10-/m0/s1. The van der Waals surface area contributed by atoms with Crippen LogP contribution in [0.25, 0.3) is 0 Å². The summed E-state index contributed by atoms with van der Waals surface area (Å²) in [6, 6.07) is 3.73. The van der Waals surface area contributed by atoms with Gasteiger partial charge in [0, 0.05) is 19.1 Å². The smallest absolute Gasteiger partial charge is 0.237 e. The molecule has 1 amide bonds. The second kappa shape index (κ2) is 5.33. The molecule has 0 aliphatic carbocycles. The van der Waals surface area contributed by atoms with E-state index in [1.807, 2.05) is 19.1 Å². The Bertz CT molecular complexity index is 364. The Kier molecular flexibility index (Phi) is 3.81. The van der Waals surface area contributed by atoms with E-state index in [1.54, 1.807) is 6.26 Å². The number of rotatable bonds is 4. The van der Waals surface area contributed by atoms with E-state index in [1.165, 1.54) is 0 Å². The fourth-order valence-electron chi connectivity index (χ4n) is 2.07. The van der Waals surface area contributed by atoms with Crippen LogP contribution in [-0.2, 0) is 11.3 Å². The molecule has 17 heavy (non-hydrogen) atoms. The van der Waals surface area contributed by atoms with Gasteiger partial charge < -0.3 is 15.5 Å². The number of likely N-dealkylation sites (tertiary alicyclic amines) is 1. The van der Waals surface area contributed by atoms with Crippen LogP contribution >= 0.6 is 0 Å². The summed E-state index contributed by atoms with van der Waals surface area (Å²) < 4.78 is 5.16. The van der Waals surface area contributed by atoms with Gasteiger partial charge in [-0.1, -0.05) is 0 Å². The first-order valence-corrected chi connectivity index (χ1v) is 5.96. The van der Waals surface area contributed by atoms with Gasteiger partial charge in [0.05, 0.1) is 18.8 Å². The lowest BCUT2D eigenvalue weighted by molar-refractivity contribution is -0.125. The highest BCUT2D eigenvalue weighted by atomic mass is 16.3. The Labute approximate surface area is 101 Å². The Balaban J connectivity index is 1.79. The van der Waals surface area contributed by atoms with Crippen molar-refractivity contribution < 1.29 is 9.21 Å². The summed E-state index contributed by atoms with van der Waals surface area (Å²) in [5.41, 5.74) is 5.83. The number of hydrogen-bond donors (Lipinski definition) is 2. The molecule has 0 aromatic carbocycles. The molecule has 0 saturated carbocycles. The number of nitrogens with one attached hydrogen (secondary N) is 1. The third-order valence-corrected chi connectivity index (χ3v) is 3.20. The summed E-state index contributed by atoms with van der Waals surface area (Å²) in [4.78, 5) is 14.0. The van der Waals surface area contributed by atoms with Crippen LogP contribution < -0.4 is 11.1 Å². The molecule has 2 rings (SSSR count). The molecule has 0 bridgehead atoms. The summed E-state index contributed by atoms with van der Waals surface area (Å²) in [5.74, 6) is 0.791. The van der Waals surface area contributed by atoms with Crippen LogP contribution in [0.2, 0.25) is 0 Å². The third-order valence-electron chi connectivity index (χ3n) is 3.20. The highest BCUT2D eigenvalue weighted by Gasteiger charge is 2.27. The minimum absolute atomic E-state index is 0.0236. The van der Waals surface area contributed by atoms with Crippen LogP contribution in [0, 0.1) is 0 Å². The molecule has 0 spiro atoms. The monoisotopic (exact) mass is 237 g/mol. The number of nitrogens with zero attached hydrogens (tertiary/aromatic N) is 1. The molecule has 5 heteroatoms. The molecule has 1 aliphatic heterocycles. The van der Waals surface area contributed by atoms with Crippen LogP contribution in [0.1, 0.15) is 19.1 Å². The number of carbonyl (C=O) groups excluding carboxylic acids is 1. The maximum Gasteiger partial charge on any atom is 0.237 e. The predicted molar refractivity (Wildman–Crippen MR) is 64.2 cm³/mol. The van der Waals surface area contributed by atoms with Crippen molar-refractivity contribution in [1.29, 1.82) is 0 Å². The van der Waals surface area contributed by atoms with E-state index in [0.29, 0.717) is 6.54 Å². The number of carbonyl (C=O) groups is 1. The zero-order valence-electron chi connectivity index (χ0n) is 10.1. The highest BCUT2D eigenvalue weighted by Crippen LogP contribution is 2.11. The molecule has 1 aliphatic rings. The zero-order chi connectivity index (χ0) is 12.3. The van der Waals surface area contributed by atoms with Crippen molar-refractivity contribution >= 4 is 5.91 Å². The molecule has 1 fully saturated rings. The zero-order valence-corrected chi connectivity index (χ0v) is 10.1. The molecule has 3 N–H and O–H groups in total. The van der Waals surface area contributed by atoms with E-state index in [4.69, 9.17) is 10.2 Å². The van der Waals surface area contributed by atoms with E-state index in [9.17, 15) is 4.79 Å². The third kappa shape index (κ3) is 3.08.